The molecule has 2 heterocycles. The number of ether oxygens (including phenoxy) is 1. The maximum atomic E-state index is 11.7. The van der Waals surface area contributed by atoms with Crippen LogP contribution >= 0.6 is 0 Å². The van der Waals surface area contributed by atoms with Crippen LogP contribution in [0.2, 0.25) is 0 Å². The molecule has 126 valence electrons. The summed E-state index contributed by atoms with van der Waals surface area (Å²) in [6.45, 7) is 2.97. The molecule has 2 aromatic carbocycles. The van der Waals surface area contributed by atoms with Gasteiger partial charge in [0.1, 0.15) is 11.5 Å². The smallest absolute Gasteiger partial charge is 0.219 e. The van der Waals surface area contributed by atoms with Gasteiger partial charge in [-0.15, -0.1) is 0 Å². The summed E-state index contributed by atoms with van der Waals surface area (Å²) in [5, 5.41) is 7.59. The van der Waals surface area contributed by atoms with Crippen molar-refractivity contribution < 1.29 is 9.53 Å². The third-order valence-corrected chi connectivity index (χ3v) is 4.49. The van der Waals surface area contributed by atoms with Gasteiger partial charge < -0.3 is 9.64 Å². The molecule has 0 radical (unpaired) electrons. The summed E-state index contributed by atoms with van der Waals surface area (Å²) in [7, 11) is 0. The second-order valence-electron chi connectivity index (χ2n) is 6.16. The van der Waals surface area contributed by atoms with Crippen LogP contribution in [0, 0.1) is 0 Å². The van der Waals surface area contributed by atoms with Crippen molar-refractivity contribution in [2.24, 2.45) is 0 Å². The van der Waals surface area contributed by atoms with Gasteiger partial charge in [0.15, 0.2) is 0 Å². The second kappa shape index (κ2) is 6.43. The quantitative estimate of drug-likeness (QED) is 0.794. The molecule has 0 unspecified atom stereocenters. The van der Waals surface area contributed by atoms with Gasteiger partial charge >= 0.3 is 0 Å². The lowest BCUT2D eigenvalue weighted by molar-refractivity contribution is -0.129. The van der Waals surface area contributed by atoms with Gasteiger partial charge in [0.25, 0.3) is 0 Å². The van der Waals surface area contributed by atoms with Crippen molar-refractivity contribution in [1.82, 2.24) is 15.1 Å². The minimum Gasteiger partial charge on any atom is -0.457 e. The van der Waals surface area contributed by atoms with Gasteiger partial charge in [-0.25, -0.2) is 0 Å². The lowest BCUT2D eigenvalue weighted by Gasteiger charge is -2.25. The molecule has 0 spiro atoms. The largest absolute Gasteiger partial charge is 0.457 e. The fourth-order valence-corrected chi connectivity index (χ4v) is 3.11. The molecule has 4 rings (SSSR count). The van der Waals surface area contributed by atoms with E-state index in [1.54, 1.807) is 6.92 Å². The molecular weight excluding hydrogens is 314 g/mol. The molecular formula is C20H19N3O2. The number of hydrogen-bond donors (Lipinski definition) is 1. The number of nitrogens with zero attached hydrogens (tertiary/aromatic N) is 2. The van der Waals surface area contributed by atoms with Gasteiger partial charge in [-0.05, 0) is 36.4 Å². The maximum absolute atomic E-state index is 11.7. The molecule has 0 saturated heterocycles. The van der Waals surface area contributed by atoms with E-state index in [0.29, 0.717) is 6.54 Å². The van der Waals surface area contributed by atoms with Crippen LogP contribution in [0.3, 0.4) is 0 Å². The molecule has 1 amide bonds. The van der Waals surface area contributed by atoms with Crippen LogP contribution in [-0.2, 0) is 17.8 Å². The van der Waals surface area contributed by atoms with Crippen LogP contribution in [-0.4, -0.2) is 27.5 Å². The number of para-hydroxylation sites is 1. The average Bonchev–Trinajstić information content (AvgIpc) is 3.06. The fourth-order valence-electron chi connectivity index (χ4n) is 3.11. The van der Waals surface area contributed by atoms with Gasteiger partial charge in [0, 0.05) is 43.3 Å². The first-order valence-electron chi connectivity index (χ1n) is 8.35. The number of nitrogens with one attached hydrogen (secondary N) is 1. The summed E-state index contributed by atoms with van der Waals surface area (Å²) in [5.74, 6) is 1.69. The zero-order valence-electron chi connectivity index (χ0n) is 14.0. The topological polar surface area (TPSA) is 58.2 Å². The predicted molar refractivity (Wildman–Crippen MR) is 95.3 cm³/mol. The molecule has 0 aliphatic carbocycles. The van der Waals surface area contributed by atoms with Gasteiger partial charge in [0.2, 0.25) is 5.91 Å². The molecule has 0 fully saturated rings. The first-order chi connectivity index (χ1) is 12.2. The Morgan fingerprint density at radius 2 is 1.80 bits per heavy atom. The summed E-state index contributed by atoms with van der Waals surface area (Å²) in [5.41, 5.74) is 4.16. The number of rotatable bonds is 3. The highest BCUT2D eigenvalue weighted by molar-refractivity contribution is 5.74. The number of benzene rings is 2. The average molecular weight is 333 g/mol. The Morgan fingerprint density at radius 3 is 2.52 bits per heavy atom. The molecule has 1 aromatic heterocycles. The minimum absolute atomic E-state index is 0.101. The summed E-state index contributed by atoms with van der Waals surface area (Å²) in [6.07, 6.45) is 0.817. The third kappa shape index (κ3) is 3.13. The summed E-state index contributed by atoms with van der Waals surface area (Å²) in [6, 6.07) is 17.6. The molecule has 3 aromatic rings. The molecule has 5 heteroatoms. The van der Waals surface area contributed by atoms with Crippen molar-refractivity contribution >= 4 is 5.91 Å². The molecule has 0 saturated carbocycles. The highest BCUT2D eigenvalue weighted by Gasteiger charge is 2.23. The number of hydrogen-bond acceptors (Lipinski definition) is 3. The van der Waals surface area contributed by atoms with E-state index in [0.717, 1.165) is 47.0 Å². The Labute approximate surface area is 146 Å². The second-order valence-corrected chi connectivity index (χ2v) is 6.16. The first kappa shape index (κ1) is 15.4. The predicted octanol–water partition coefficient (Wildman–Crippen LogP) is 3.77. The molecule has 1 N–H and O–H groups in total. The zero-order valence-corrected chi connectivity index (χ0v) is 14.0. The summed E-state index contributed by atoms with van der Waals surface area (Å²) in [4.78, 5) is 13.5. The fraction of sp³-hybridized carbons (Fsp3) is 0.200. The summed E-state index contributed by atoms with van der Waals surface area (Å²) >= 11 is 0. The van der Waals surface area contributed by atoms with Gasteiger partial charge in [-0.2, -0.15) is 5.10 Å². The van der Waals surface area contributed by atoms with E-state index in [4.69, 9.17) is 4.74 Å². The molecule has 1 aliphatic rings. The number of fused-ring (bicyclic) bond motifs is 1. The van der Waals surface area contributed by atoms with Gasteiger partial charge in [0.05, 0.1) is 5.69 Å². The minimum atomic E-state index is 0.101. The molecule has 0 atom stereocenters. The zero-order chi connectivity index (χ0) is 17.2. The number of carbonyl (C=O) groups is 1. The van der Waals surface area contributed by atoms with Crippen molar-refractivity contribution in [2.75, 3.05) is 6.54 Å². The van der Waals surface area contributed by atoms with Crippen LogP contribution in [0.4, 0.5) is 0 Å². The van der Waals surface area contributed by atoms with Crippen molar-refractivity contribution in [3.63, 3.8) is 0 Å². The Morgan fingerprint density at radius 1 is 1.08 bits per heavy atom. The molecule has 1 aliphatic heterocycles. The van der Waals surface area contributed by atoms with E-state index in [1.165, 1.54) is 0 Å². The number of H-pyrrole nitrogens is 1. The maximum Gasteiger partial charge on any atom is 0.219 e. The van der Waals surface area contributed by atoms with Crippen LogP contribution in [0.5, 0.6) is 11.5 Å². The van der Waals surface area contributed by atoms with Crippen LogP contribution in [0.1, 0.15) is 18.2 Å². The van der Waals surface area contributed by atoms with Crippen LogP contribution < -0.4 is 4.74 Å². The SMILES string of the molecule is CC(=O)N1CCc2[nH]nc(-c3ccc(Oc4ccccc4)cc3)c2C1. The van der Waals surface area contributed by atoms with E-state index in [-0.39, 0.29) is 5.91 Å². The van der Waals surface area contributed by atoms with E-state index in [2.05, 4.69) is 10.2 Å². The van der Waals surface area contributed by atoms with Crippen molar-refractivity contribution in [1.29, 1.82) is 0 Å². The Bertz CT molecular complexity index is 885. The molecule has 25 heavy (non-hydrogen) atoms. The van der Waals surface area contributed by atoms with Crippen LogP contribution in [0.15, 0.2) is 54.6 Å². The van der Waals surface area contributed by atoms with E-state index < -0.39 is 0 Å². The van der Waals surface area contributed by atoms with E-state index >= 15 is 0 Å². The van der Waals surface area contributed by atoms with Crippen molar-refractivity contribution in [3.05, 3.63) is 65.9 Å². The van der Waals surface area contributed by atoms with Crippen molar-refractivity contribution in [3.8, 4) is 22.8 Å². The highest BCUT2D eigenvalue weighted by Crippen LogP contribution is 2.30. The number of carbonyl (C=O) groups excluding carboxylic acids is 1. The Hall–Kier alpha value is -3.08. The molecule has 0 bridgehead atoms. The van der Waals surface area contributed by atoms with Gasteiger partial charge in [-0.3, -0.25) is 9.89 Å². The molecule has 5 nitrogen and oxygen atoms in total. The highest BCUT2D eigenvalue weighted by atomic mass is 16.5. The van der Waals surface area contributed by atoms with E-state index in [1.807, 2.05) is 59.5 Å². The third-order valence-electron chi connectivity index (χ3n) is 4.49. The van der Waals surface area contributed by atoms with Crippen molar-refractivity contribution in [2.45, 2.75) is 19.9 Å². The number of amides is 1. The van der Waals surface area contributed by atoms with Gasteiger partial charge in [-0.1, -0.05) is 18.2 Å². The lowest BCUT2D eigenvalue weighted by atomic mass is 10.0. The lowest BCUT2D eigenvalue weighted by Crippen LogP contribution is -2.34. The Kier molecular flexibility index (Phi) is 3.98. The first-order valence-corrected chi connectivity index (χ1v) is 8.35. The summed E-state index contributed by atoms with van der Waals surface area (Å²) < 4.78 is 5.83. The standard InChI is InChI=1S/C20H19N3O2/c1-14(24)23-12-11-19-18(13-23)20(22-21-19)15-7-9-17(10-8-15)25-16-5-3-2-4-6-16/h2-10H,11-13H2,1H3,(H,21,22). The Balaban J connectivity index is 1.57. The van der Waals surface area contributed by atoms with E-state index in [9.17, 15) is 4.79 Å². The number of aromatic amines is 1. The monoisotopic (exact) mass is 333 g/mol. The van der Waals surface area contributed by atoms with Crippen LogP contribution in [0.25, 0.3) is 11.3 Å². The normalized spacial score (nSPS) is 13.4. The number of aromatic nitrogens is 2.